The smallest absolute Gasteiger partial charge is 0.340 e. The van der Waals surface area contributed by atoms with Crippen LogP contribution in [-0.4, -0.2) is 42.1 Å². The van der Waals surface area contributed by atoms with E-state index in [2.05, 4.69) is 55.7 Å². The van der Waals surface area contributed by atoms with E-state index in [1.54, 1.807) is 0 Å². The molecule has 200 valence electrons. The predicted molar refractivity (Wildman–Crippen MR) is 151 cm³/mol. The summed E-state index contributed by atoms with van der Waals surface area (Å²) in [5.41, 5.74) is 3.56. The third-order valence-electron chi connectivity index (χ3n) is 7.34. The molecule has 3 aromatic rings. The second kappa shape index (κ2) is 10.6. The molecule has 7 heteroatoms. The van der Waals surface area contributed by atoms with Crippen molar-refractivity contribution >= 4 is 17.6 Å². The molecule has 2 aliphatic heterocycles. The zero-order chi connectivity index (χ0) is 26.9. The molecular weight excluding hydrogens is 476 g/mol. The van der Waals surface area contributed by atoms with Crippen LogP contribution in [0.25, 0.3) is 0 Å². The van der Waals surface area contributed by atoms with Crippen molar-refractivity contribution in [3.63, 3.8) is 0 Å². The van der Waals surface area contributed by atoms with Gasteiger partial charge in [-0.25, -0.2) is 9.78 Å². The molecule has 1 spiro atoms. The molecule has 0 N–H and O–H groups in total. The van der Waals surface area contributed by atoms with Crippen LogP contribution in [0.4, 0.5) is 11.6 Å². The van der Waals surface area contributed by atoms with Gasteiger partial charge in [0.2, 0.25) is 11.8 Å². The van der Waals surface area contributed by atoms with Crippen LogP contribution in [0.15, 0.2) is 42.5 Å². The van der Waals surface area contributed by atoms with Gasteiger partial charge in [0.15, 0.2) is 5.60 Å². The van der Waals surface area contributed by atoms with Gasteiger partial charge < -0.3 is 19.3 Å². The quantitative estimate of drug-likeness (QED) is 0.282. The summed E-state index contributed by atoms with van der Waals surface area (Å²) >= 11 is 0. The second-order valence-corrected chi connectivity index (χ2v) is 10.2. The number of carbonyl (C=O) groups excluding carboxylic acids is 1. The maximum atomic E-state index is 13.2. The van der Waals surface area contributed by atoms with Crippen LogP contribution < -0.4 is 14.5 Å². The lowest BCUT2D eigenvalue weighted by molar-refractivity contribution is 0.0218. The third kappa shape index (κ3) is 4.18. The van der Waals surface area contributed by atoms with Gasteiger partial charge in [-0.1, -0.05) is 45.9 Å². The van der Waals surface area contributed by atoms with Gasteiger partial charge in [0.05, 0.1) is 16.8 Å². The summed E-state index contributed by atoms with van der Waals surface area (Å²) in [7, 11) is 0. The lowest BCUT2D eigenvalue weighted by atomic mass is 9.77. The van der Waals surface area contributed by atoms with Crippen molar-refractivity contribution < 1.29 is 14.3 Å². The van der Waals surface area contributed by atoms with Crippen molar-refractivity contribution in [2.45, 2.75) is 65.9 Å². The SMILES string of the molecule is CCCN(CCC)c1ccc2c(c1)Oc1nc(N(CCC)CCC)nc(C)c1C21OC(=O)c2ccccc21. The first-order chi connectivity index (χ1) is 18.5. The van der Waals surface area contributed by atoms with E-state index in [9.17, 15) is 4.79 Å². The first-order valence-corrected chi connectivity index (χ1v) is 14.0. The van der Waals surface area contributed by atoms with Gasteiger partial charge in [-0.15, -0.1) is 0 Å². The Balaban J connectivity index is 1.74. The Labute approximate surface area is 225 Å². The van der Waals surface area contributed by atoms with E-state index in [4.69, 9.17) is 19.4 Å². The fourth-order valence-corrected chi connectivity index (χ4v) is 5.84. The molecule has 0 fully saturated rings. The van der Waals surface area contributed by atoms with E-state index < -0.39 is 5.60 Å². The lowest BCUT2D eigenvalue weighted by Crippen LogP contribution is -2.36. The maximum absolute atomic E-state index is 13.2. The van der Waals surface area contributed by atoms with Crippen LogP contribution in [0.5, 0.6) is 11.6 Å². The minimum atomic E-state index is -1.15. The van der Waals surface area contributed by atoms with E-state index >= 15 is 0 Å². The molecule has 1 aromatic heterocycles. The summed E-state index contributed by atoms with van der Waals surface area (Å²) < 4.78 is 13.0. The normalized spacial score (nSPS) is 16.9. The van der Waals surface area contributed by atoms with E-state index in [1.807, 2.05) is 31.2 Å². The van der Waals surface area contributed by atoms with Gasteiger partial charge in [-0.3, -0.25) is 0 Å². The summed E-state index contributed by atoms with van der Waals surface area (Å²) in [5, 5.41) is 0. The predicted octanol–water partition coefficient (Wildman–Crippen LogP) is 6.61. The summed E-state index contributed by atoms with van der Waals surface area (Å²) in [5.74, 6) is 1.43. The van der Waals surface area contributed by atoms with Gasteiger partial charge in [-0.05, 0) is 50.8 Å². The standard InChI is InChI=1S/C31H38N4O3/c1-6-16-34(17-7-2)22-14-15-25-26(20-22)37-28-27(21(5)32-30(33-28)35(18-8-3)19-9-4)31(25)24-13-11-10-12-23(24)29(36)38-31/h10-15,20H,6-9,16-19H2,1-5H3. The van der Waals surface area contributed by atoms with Crippen molar-refractivity contribution in [3.8, 4) is 11.6 Å². The Morgan fingerprint density at radius 2 is 1.47 bits per heavy atom. The fraction of sp³-hybridized carbons (Fsp3) is 0.452. The van der Waals surface area contributed by atoms with Crippen LogP contribution >= 0.6 is 0 Å². The molecule has 1 atom stereocenters. The van der Waals surface area contributed by atoms with Gasteiger partial charge in [0, 0.05) is 49.1 Å². The van der Waals surface area contributed by atoms with E-state index in [0.29, 0.717) is 28.7 Å². The number of rotatable bonds is 10. The minimum Gasteiger partial charge on any atom is -0.440 e. The van der Waals surface area contributed by atoms with E-state index in [-0.39, 0.29) is 5.97 Å². The Morgan fingerprint density at radius 1 is 0.816 bits per heavy atom. The minimum absolute atomic E-state index is 0.343. The molecule has 0 amide bonds. The first kappa shape index (κ1) is 26.0. The van der Waals surface area contributed by atoms with Crippen LogP contribution in [0.1, 0.15) is 86.1 Å². The number of hydrogen-bond donors (Lipinski definition) is 0. The van der Waals surface area contributed by atoms with Gasteiger partial charge in [0.25, 0.3) is 0 Å². The number of fused-ring (bicyclic) bond motifs is 6. The number of aromatic nitrogens is 2. The number of hydrogen-bond acceptors (Lipinski definition) is 7. The lowest BCUT2D eigenvalue weighted by Gasteiger charge is -2.37. The van der Waals surface area contributed by atoms with Gasteiger partial charge >= 0.3 is 5.97 Å². The molecule has 1 unspecified atom stereocenters. The summed E-state index contributed by atoms with van der Waals surface area (Å²) in [4.78, 5) is 27.7. The average Bonchev–Trinajstić information content (AvgIpc) is 3.20. The number of anilines is 2. The zero-order valence-electron chi connectivity index (χ0n) is 23.2. The zero-order valence-corrected chi connectivity index (χ0v) is 23.2. The Hall–Kier alpha value is -3.61. The van der Waals surface area contributed by atoms with Crippen LogP contribution in [0.2, 0.25) is 0 Å². The van der Waals surface area contributed by atoms with Gasteiger partial charge in [-0.2, -0.15) is 4.98 Å². The molecule has 0 saturated heterocycles. The van der Waals surface area contributed by atoms with Crippen molar-refractivity contribution in [1.82, 2.24) is 9.97 Å². The van der Waals surface area contributed by atoms with Crippen LogP contribution in [0, 0.1) is 6.92 Å². The molecule has 38 heavy (non-hydrogen) atoms. The topological polar surface area (TPSA) is 67.8 Å². The number of carbonyl (C=O) groups is 1. The number of esters is 1. The van der Waals surface area contributed by atoms with Crippen molar-refractivity contribution in [1.29, 1.82) is 0 Å². The van der Waals surface area contributed by atoms with E-state index in [0.717, 1.165) is 74.4 Å². The van der Waals surface area contributed by atoms with E-state index in [1.165, 1.54) is 0 Å². The maximum Gasteiger partial charge on any atom is 0.340 e. The molecule has 2 aromatic carbocycles. The number of aryl methyl sites for hydroxylation is 1. The Bertz CT molecular complexity index is 1330. The molecular formula is C31H38N4O3. The highest BCUT2D eigenvalue weighted by atomic mass is 16.6. The average molecular weight is 515 g/mol. The largest absolute Gasteiger partial charge is 0.440 e. The van der Waals surface area contributed by atoms with Crippen molar-refractivity contribution in [2.75, 3.05) is 36.0 Å². The highest BCUT2D eigenvalue weighted by Crippen LogP contribution is 2.57. The van der Waals surface area contributed by atoms with Crippen LogP contribution in [-0.2, 0) is 10.3 Å². The highest BCUT2D eigenvalue weighted by molar-refractivity contribution is 5.97. The fourth-order valence-electron chi connectivity index (χ4n) is 5.84. The number of ether oxygens (including phenoxy) is 2. The molecule has 2 aliphatic rings. The number of benzene rings is 2. The molecule has 0 radical (unpaired) electrons. The summed E-state index contributed by atoms with van der Waals surface area (Å²) in [6, 6.07) is 13.9. The molecule has 0 saturated carbocycles. The molecule has 0 bridgehead atoms. The molecule has 0 aliphatic carbocycles. The first-order valence-electron chi connectivity index (χ1n) is 14.0. The van der Waals surface area contributed by atoms with Crippen molar-refractivity contribution in [3.05, 3.63) is 70.4 Å². The molecule has 7 nitrogen and oxygen atoms in total. The molecule has 3 heterocycles. The highest BCUT2D eigenvalue weighted by Gasteiger charge is 2.55. The third-order valence-corrected chi connectivity index (χ3v) is 7.34. The summed E-state index contributed by atoms with van der Waals surface area (Å²) in [6.45, 7) is 14.3. The molecule has 5 rings (SSSR count). The number of nitrogens with zero attached hydrogens (tertiary/aromatic N) is 4. The monoisotopic (exact) mass is 514 g/mol. The summed E-state index contributed by atoms with van der Waals surface area (Å²) in [6.07, 6.45) is 4.09. The van der Waals surface area contributed by atoms with Crippen LogP contribution in [0.3, 0.4) is 0 Å². The Morgan fingerprint density at radius 3 is 2.16 bits per heavy atom. The van der Waals surface area contributed by atoms with Gasteiger partial charge in [0.1, 0.15) is 5.75 Å². The van der Waals surface area contributed by atoms with Crippen molar-refractivity contribution in [2.24, 2.45) is 0 Å². The Kier molecular flexibility index (Phi) is 7.28. The second-order valence-electron chi connectivity index (χ2n) is 10.2.